The maximum Gasteiger partial charge on any atom is 0.288 e. The van der Waals surface area contributed by atoms with Crippen molar-refractivity contribution in [3.05, 3.63) is 28.3 Å². The monoisotopic (exact) mass is 354 g/mol. The minimum absolute atomic E-state index is 0.202. The molecule has 0 N–H and O–H groups in total. The molecular formula is C17H26N2O4S. The van der Waals surface area contributed by atoms with Gasteiger partial charge in [-0.25, -0.2) is 8.42 Å². The molecule has 1 aromatic rings. The van der Waals surface area contributed by atoms with E-state index in [1.54, 1.807) is 6.07 Å². The lowest BCUT2D eigenvalue weighted by molar-refractivity contribution is -0.387. The molecule has 1 saturated heterocycles. The van der Waals surface area contributed by atoms with E-state index >= 15 is 0 Å². The predicted molar refractivity (Wildman–Crippen MR) is 95.2 cm³/mol. The number of rotatable bonds is 6. The lowest BCUT2D eigenvalue weighted by Gasteiger charge is -2.34. The fraction of sp³-hybridized carbons (Fsp3) is 0.647. The van der Waals surface area contributed by atoms with Gasteiger partial charge in [0.25, 0.3) is 5.69 Å². The first-order valence-corrected chi connectivity index (χ1v) is 10.3. The van der Waals surface area contributed by atoms with Crippen molar-refractivity contribution in [2.45, 2.75) is 44.4 Å². The molecule has 0 aromatic heterocycles. The standard InChI is InChI=1S/C17H26N2O4S/c1-13(2)4-5-14-8-10-18(11-9-14)15-6-7-16(19(20)21)17(12-15)24(3,22)23/h6-7,12-14H,4-5,8-11H2,1-3H3. The number of hydrogen-bond acceptors (Lipinski definition) is 5. The summed E-state index contributed by atoms with van der Waals surface area (Å²) in [4.78, 5) is 12.3. The Morgan fingerprint density at radius 3 is 2.42 bits per heavy atom. The van der Waals surface area contributed by atoms with Crippen LogP contribution in [0, 0.1) is 22.0 Å². The molecule has 0 radical (unpaired) electrons. The maximum atomic E-state index is 11.9. The molecule has 1 heterocycles. The van der Waals surface area contributed by atoms with E-state index in [0.29, 0.717) is 0 Å². The Kier molecular flexibility index (Phi) is 5.85. The number of hydrogen-bond donors (Lipinski definition) is 0. The molecular weight excluding hydrogens is 328 g/mol. The molecule has 0 unspecified atom stereocenters. The summed E-state index contributed by atoms with van der Waals surface area (Å²) in [7, 11) is -3.64. The predicted octanol–water partition coefficient (Wildman–Crippen LogP) is 3.65. The van der Waals surface area contributed by atoms with Gasteiger partial charge in [0, 0.05) is 31.1 Å². The molecule has 1 aliphatic rings. The molecule has 134 valence electrons. The zero-order valence-electron chi connectivity index (χ0n) is 14.6. The van der Waals surface area contributed by atoms with Crippen LogP contribution in [-0.4, -0.2) is 32.7 Å². The Morgan fingerprint density at radius 2 is 1.92 bits per heavy atom. The molecule has 24 heavy (non-hydrogen) atoms. The first-order valence-electron chi connectivity index (χ1n) is 8.42. The van der Waals surface area contributed by atoms with E-state index in [1.807, 2.05) is 0 Å². The highest BCUT2D eigenvalue weighted by molar-refractivity contribution is 7.90. The summed E-state index contributed by atoms with van der Waals surface area (Å²) in [5.74, 6) is 1.44. The van der Waals surface area contributed by atoms with Crippen molar-refractivity contribution in [1.29, 1.82) is 0 Å². The SMILES string of the molecule is CC(C)CCC1CCN(c2ccc([N+](=O)[O-])c(S(C)(=O)=O)c2)CC1. The van der Waals surface area contributed by atoms with E-state index < -0.39 is 14.8 Å². The molecule has 0 aliphatic carbocycles. The summed E-state index contributed by atoms with van der Waals surface area (Å²) in [6, 6.07) is 4.40. The van der Waals surface area contributed by atoms with Crippen molar-refractivity contribution >= 4 is 21.2 Å². The van der Waals surface area contributed by atoms with Crippen molar-refractivity contribution in [2.24, 2.45) is 11.8 Å². The third-order valence-electron chi connectivity index (χ3n) is 4.67. The van der Waals surface area contributed by atoms with Gasteiger partial charge in [-0.2, -0.15) is 0 Å². The van der Waals surface area contributed by atoms with Crippen LogP contribution in [0.2, 0.25) is 0 Å². The van der Waals surface area contributed by atoms with Crippen LogP contribution in [-0.2, 0) is 9.84 Å². The van der Waals surface area contributed by atoms with E-state index in [4.69, 9.17) is 0 Å². The summed E-state index contributed by atoms with van der Waals surface area (Å²) in [5, 5.41) is 11.1. The minimum Gasteiger partial charge on any atom is -0.371 e. The lowest BCUT2D eigenvalue weighted by Crippen LogP contribution is -2.33. The van der Waals surface area contributed by atoms with Gasteiger partial charge in [-0.3, -0.25) is 10.1 Å². The van der Waals surface area contributed by atoms with Crippen molar-refractivity contribution < 1.29 is 13.3 Å². The first-order chi connectivity index (χ1) is 11.2. The molecule has 1 aromatic carbocycles. The smallest absolute Gasteiger partial charge is 0.288 e. The van der Waals surface area contributed by atoms with Crippen LogP contribution in [0.4, 0.5) is 11.4 Å². The van der Waals surface area contributed by atoms with E-state index in [9.17, 15) is 18.5 Å². The van der Waals surface area contributed by atoms with Gasteiger partial charge >= 0.3 is 0 Å². The molecule has 0 spiro atoms. The Hall–Kier alpha value is -1.63. The van der Waals surface area contributed by atoms with Crippen molar-refractivity contribution in [1.82, 2.24) is 0 Å². The number of piperidine rings is 1. The lowest BCUT2D eigenvalue weighted by atomic mass is 9.89. The second kappa shape index (κ2) is 7.51. The Balaban J connectivity index is 2.12. The molecule has 0 atom stereocenters. The quantitative estimate of drug-likeness (QED) is 0.575. The summed E-state index contributed by atoms with van der Waals surface area (Å²) >= 11 is 0. The van der Waals surface area contributed by atoms with Crippen molar-refractivity contribution in [3.63, 3.8) is 0 Å². The fourth-order valence-electron chi connectivity index (χ4n) is 3.20. The van der Waals surface area contributed by atoms with Crippen LogP contribution in [0.1, 0.15) is 39.5 Å². The van der Waals surface area contributed by atoms with Gasteiger partial charge in [0.05, 0.1) is 4.92 Å². The maximum absolute atomic E-state index is 11.9. The molecule has 0 bridgehead atoms. The summed E-state index contributed by atoms with van der Waals surface area (Å²) in [6.45, 7) is 6.20. The third kappa shape index (κ3) is 4.69. The number of anilines is 1. The second-order valence-corrected chi connectivity index (χ2v) is 9.07. The summed E-state index contributed by atoms with van der Waals surface area (Å²) in [5.41, 5.74) is 0.399. The largest absolute Gasteiger partial charge is 0.371 e. The normalized spacial score (nSPS) is 16.6. The Morgan fingerprint density at radius 1 is 1.29 bits per heavy atom. The fourth-order valence-corrected chi connectivity index (χ4v) is 4.05. The minimum atomic E-state index is -3.64. The summed E-state index contributed by atoms with van der Waals surface area (Å²) in [6.07, 6.45) is 5.65. The van der Waals surface area contributed by atoms with Crippen LogP contribution >= 0.6 is 0 Å². The Bertz CT molecular complexity index is 693. The molecule has 0 saturated carbocycles. The van der Waals surface area contributed by atoms with Gasteiger partial charge in [-0.1, -0.05) is 26.7 Å². The molecule has 1 fully saturated rings. The number of nitro benzene ring substituents is 1. The van der Waals surface area contributed by atoms with Crippen LogP contribution in [0.3, 0.4) is 0 Å². The highest BCUT2D eigenvalue weighted by atomic mass is 32.2. The van der Waals surface area contributed by atoms with Crippen LogP contribution in [0.15, 0.2) is 23.1 Å². The molecule has 1 aliphatic heterocycles. The van der Waals surface area contributed by atoms with Gasteiger partial charge in [-0.05, 0) is 36.8 Å². The number of nitro groups is 1. The van der Waals surface area contributed by atoms with Crippen LogP contribution in [0.25, 0.3) is 0 Å². The van der Waals surface area contributed by atoms with E-state index in [2.05, 4.69) is 18.7 Å². The van der Waals surface area contributed by atoms with Gasteiger partial charge in [0.1, 0.15) is 4.90 Å². The molecule has 6 nitrogen and oxygen atoms in total. The number of benzene rings is 1. The zero-order valence-corrected chi connectivity index (χ0v) is 15.4. The topological polar surface area (TPSA) is 80.5 Å². The number of sulfone groups is 1. The average Bonchev–Trinajstić information content (AvgIpc) is 2.52. The third-order valence-corrected chi connectivity index (χ3v) is 5.80. The zero-order chi connectivity index (χ0) is 17.9. The Labute approximate surface area is 143 Å². The number of nitrogens with zero attached hydrogens (tertiary/aromatic N) is 2. The van der Waals surface area contributed by atoms with Crippen molar-refractivity contribution in [2.75, 3.05) is 24.2 Å². The highest BCUT2D eigenvalue weighted by Crippen LogP contribution is 2.32. The van der Waals surface area contributed by atoms with Gasteiger partial charge in [-0.15, -0.1) is 0 Å². The highest BCUT2D eigenvalue weighted by Gasteiger charge is 2.25. The van der Waals surface area contributed by atoms with Crippen LogP contribution < -0.4 is 4.90 Å². The molecule has 0 amide bonds. The van der Waals surface area contributed by atoms with E-state index in [1.165, 1.54) is 25.0 Å². The molecule has 7 heteroatoms. The second-order valence-electron chi connectivity index (χ2n) is 7.08. The van der Waals surface area contributed by atoms with E-state index in [-0.39, 0.29) is 10.6 Å². The van der Waals surface area contributed by atoms with Gasteiger partial charge in [0.2, 0.25) is 0 Å². The van der Waals surface area contributed by atoms with Crippen LogP contribution in [0.5, 0.6) is 0 Å². The van der Waals surface area contributed by atoms with E-state index in [0.717, 1.165) is 49.7 Å². The van der Waals surface area contributed by atoms with Crippen molar-refractivity contribution in [3.8, 4) is 0 Å². The van der Waals surface area contributed by atoms with Gasteiger partial charge < -0.3 is 4.90 Å². The summed E-state index contributed by atoms with van der Waals surface area (Å²) < 4.78 is 23.7. The van der Waals surface area contributed by atoms with Gasteiger partial charge in [0.15, 0.2) is 9.84 Å². The average molecular weight is 354 g/mol. The molecule has 2 rings (SSSR count). The first kappa shape index (κ1) is 18.7.